The molecule has 0 N–H and O–H groups in total. The van der Waals surface area contributed by atoms with E-state index in [-0.39, 0.29) is 10.9 Å². The third-order valence-corrected chi connectivity index (χ3v) is 9.57. The summed E-state index contributed by atoms with van der Waals surface area (Å²) in [5.74, 6) is 1.52. The van der Waals surface area contributed by atoms with Gasteiger partial charge in [0.15, 0.2) is 0 Å². The summed E-state index contributed by atoms with van der Waals surface area (Å²) in [5, 5.41) is 1.96. The van der Waals surface area contributed by atoms with E-state index in [2.05, 4.69) is 37.7 Å². The van der Waals surface area contributed by atoms with Gasteiger partial charge >= 0.3 is 0 Å². The highest BCUT2D eigenvalue weighted by atomic mass is 16.5. The van der Waals surface area contributed by atoms with Crippen LogP contribution >= 0.6 is 0 Å². The van der Waals surface area contributed by atoms with Crippen LogP contribution in [0.25, 0.3) is 50.0 Å². The molecule has 3 heterocycles. The van der Waals surface area contributed by atoms with Gasteiger partial charge in [0.2, 0.25) is 0 Å². The molecule has 0 bridgehead atoms. The van der Waals surface area contributed by atoms with Crippen molar-refractivity contribution in [3.8, 4) is 28.7 Å². The topological polar surface area (TPSA) is 35.9 Å². The molecule has 1 aliphatic rings. The zero-order valence-corrected chi connectivity index (χ0v) is 29.1. The number of imidazole rings is 1. The lowest BCUT2D eigenvalue weighted by Crippen LogP contribution is -2.36. The number of benzene rings is 5. The van der Waals surface area contributed by atoms with Crippen LogP contribution < -0.4 is 9.30 Å². The second kappa shape index (κ2) is 11.9. The summed E-state index contributed by atoms with van der Waals surface area (Å²) in [7, 11) is 0. The van der Waals surface area contributed by atoms with Crippen LogP contribution in [0.4, 0.5) is 0 Å². The molecule has 9 rings (SSSR count). The van der Waals surface area contributed by atoms with Crippen LogP contribution in [0.5, 0.6) is 11.5 Å². The third kappa shape index (κ3) is 5.61. The van der Waals surface area contributed by atoms with Gasteiger partial charge in [0.1, 0.15) is 17.3 Å². The summed E-state index contributed by atoms with van der Waals surface area (Å²) in [6.45, 7) is -10.3. The fraction of sp³-hybridized carbons (Fsp3) is 0.250. The fourth-order valence-electron chi connectivity index (χ4n) is 6.89. The van der Waals surface area contributed by atoms with E-state index in [1.807, 2.05) is 48.5 Å². The number of ether oxygens (including phenoxy) is 1. The SMILES string of the molecule is [2H]c1c([2H])c2c(c([2H])c1-[n+]1[c-]n(-c3cccc(Oc4ccc5c6ccccc6n(-c6cc(C(C)(C)C)ccn6)c5c4)c3)c3ccccc31)C(C([2H])([2H])[2H])(C([2H])([2H])[2H])C([2H])([2H])C([2H])([2H])C2(C([2H])([2H])[2H])C([2H])([2H])[2H]. The van der Waals surface area contributed by atoms with Crippen LogP contribution in [-0.2, 0) is 16.2 Å². The van der Waals surface area contributed by atoms with Crippen molar-refractivity contribution >= 4 is 32.8 Å². The minimum absolute atomic E-state index is 0.119. The van der Waals surface area contributed by atoms with E-state index in [0.717, 1.165) is 37.8 Å². The number of nitrogens with zero attached hydrogens (tertiary/aromatic N) is 4. The number of hydrogen-bond donors (Lipinski definition) is 0. The van der Waals surface area contributed by atoms with Crippen LogP contribution in [0, 0.1) is 6.33 Å². The molecule has 0 radical (unpaired) electrons. The van der Waals surface area contributed by atoms with Gasteiger partial charge in [-0.25, -0.2) is 4.98 Å². The first-order valence-electron chi connectivity index (χ1n) is 26.6. The van der Waals surface area contributed by atoms with E-state index in [1.54, 1.807) is 48.7 Å². The first-order chi connectivity index (χ1) is 33.2. The maximum absolute atomic E-state index is 9.72. The highest BCUT2D eigenvalue weighted by Crippen LogP contribution is 2.46. The lowest BCUT2D eigenvalue weighted by Gasteiger charge is -2.42. The van der Waals surface area contributed by atoms with Gasteiger partial charge in [-0.2, -0.15) is 0 Å². The fourth-order valence-corrected chi connectivity index (χ4v) is 6.89. The quantitative estimate of drug-likeness (QED) is 0.131. The molecule has 53 heavy (non-hydrogen) atoms. The molecule has 0 amide bonds. The predicted octanol–water partition coefficient (Wildman–Crippen LogP) is 11.6. The highest BCUT2D eigenvalue weighted by Gasteiger charge is 2.37. The Hall–Kier alpha value is -5.68. The largest absolute Gasteiger partial charge is 0.458 e. The molecular weight excluding hydrogens is 649 g/mol. The molecule has 5 heteroatoms. The van der Waals surface area contributed by atoms with Crippen molar-refractivity contribution in [2.45, 2.75) is 77.2 Å². The average Bonchev–Trinajstić information content (AvgIpc) is 3.80. The van der Waals surface area contributed by atoms with Gasteiger partial charge in [0, 0.05) is 45.0 Å². The Kier molecular flexibility index (Phi) is 4.14. The van der Waals surface area contributed by atoms with E-state index >= 15 is 0 Å². The first kappa shape index (κ1) is 18.4. The van der Waals surface area contributed by atoms with Gasteiger partial charge < -0.3 is 4.74 Å². The maximum Gasteiger partial charge on any atom is 0.269 e. The molecule has 8 aromatic rings. The van der Waals surface area contributed by atoms with E-state index in [1.165, 1.54) is 10.6 Å². The van der Waals surface area contributed by atoms with E-state index in [4.69, 9.17) is 28.9 Å². The summed E-state index contributed by atoms with van der Waals surface area (Å²) >= 11 is 0. The van der Waals surface area contributed by atoms with Crippen LogP contribution in [0.3, 0.4) is 0 Å². The van der Waals surface area contributed by atoms with Crippen LogP contribution in [-0.4, -0.2) is 14.1 Å². The number of aromatic nitrogens is 4. The molecule has 0 atom stereocenters. The second-order valence-corrected chi connectivity index (χ2v) is 14.3. The molecule has 0 unspecified atom stereocenters. The minimum Gasteiger partial charge on any atom is -0.458 e. The molecule has 0 fully saturated rings. The third-order valence-electron chi connectivity index (χ3n) is 9.57. The molecule has 5 aromatic carbocycles. The molecule has 0 saturated carbocycles. The minimum atomic E-state index is -4.45. The Morgan fingerprint density at radius 3 is 2.32 bits per heavy atom. The second-order valence-electron chi connectivity index (χ2n) is 14.3. The number of rotatable bonds is 5. The molecule has 264 valence electrons. The number of hydrogen-bond acceptors (Lipinski definition) is 2. The Bertz CT molecular complexity index is 3470. The van der Waals surface area contributed by atoms with Gasteiger partial charge in [-0.1, -0.05) is 103 Å². The molecule has 1 aliphatic carbocycles. The number of para-hydroxylation sites is 3. The summed E-state index contributed by atoms with van der Waals surface area (Å²) in [6.07, 6.45) is -4.10. The number of fused-ring (bicyclic) bond motifs is 5. The van der Waals surface area contributed by atoms with Gasteiger partial charge in [-0.3, -0.25) is 13.7 Å². The molecule has 5 nitrogen and oxygen atoms in total. The summed E-state index contributed by atoms with van der Waals surface area (Å²) in [6, 6.07) is 26.9. The Morgan fingerprint density at radius 1 is 0.774 bits per heavy atom. The lowest BCUT2D eigenvalue weighted by atomic mass is 9.63. The van der Waals surface area contributed by atoms with Gasteiger partial charge in [0.25, 0.3) is 6.33 Å². The Labute approximate surface area is 338 Å². The van der Waals surface area contributed by atoms with E-state index < -0.39 is 85.9 Å². The lowest BCUT2D eigenvalue weighted by molar-refractivity contribution is -0.572. The first-order valence-corrected chi connectivity index (χ1v) is 17.1. The normalized spacial score (nSPS) is 23.3. The van der Waals surface area contributed by atoms with Gasteiger partial charge in [-0.15, -0.1) is 0 Å². The zero-order chi connectivity index (χ0) is 52.9. The van der Waals surface area contributed by atoms with Gasteiger partial charge in [-0.05, 0) is 106 Å². The Morgan fingerprint density at radius 2 is 1.51 bits per heavy atom. The standard InChI is InChI=1S/C48H46N4O/c1-46(2,3)32-23-26-49-45(27-32)52-41-16-9-8-15-37(41)38-21-20-36(30-44(38)52)53-35-14-12-13-33(28-35)50-31-51(43-18-11-10-17-42(43)50)34-19-22-39-40(29-34)48(6,7)25-24-47(39,4)5/h8-23,26-30H,24-25H2,1-7H3/i4D3,5D3,6D3,7D3,19D,22D,24D2,25D2,29D. The molecular formula is C48H46N4O. The predicted molar refractivity (Wildman–Crippen MR) is 216 cm³/mol. The van der Waals surface area contributed by atoms with Crippen molar-refractivity contribution < 1.29 is 35.3 Å². The summed E-state index contributed by atoms with van der Waals surface area (Å²) in [4.78, 5) is 4.76. The van der Waals surface area contributed by atoms with Crippen molar-refractivity contribution in [3.05, 3.63) is 150 Å². The highest BCUT2D eigenvalue weighted by molar-refractivity contribution is 6.09. The maximum atomic E-state index is 9.72. The van der Waals surface area contributed by atoms with E-state index in [9.17, 15) is 6.85 Å². The molecule has 0 spiro atoms. The monoisotopic (exact) mass is 713 g/mol. The molecule has 3 aromatic heterocycles. The molecule has 0 aliphatic heterocycles. The van der Waals surface area contributed by atoms with Crippen LogP contribution in [0.15, 0.2) is 127 Å². The number of pyridine rings is 1. The van der Waals surface area contributed by atoms with Gasteiger partial charge in [0.05, 0.1) is 37.6 Å². The van der Waals surface area contributed by atoms with Crippen molar-refractivity contribution in [1.82, 2.24) is 14.1 Å². The van der Waals surface area contributed by atoms with Crippen molar-refractivity contribution in [3.63, 3.8) is 0 Å². The van der Waals surface area contributed by atoms with Crippen molar-refractivity contribution in [2.75, 3.05) is 0 Å². The summed E-state index contributed by atoms with van der Waals surface area (Å²) < 4.78 is 180. The van der Waals surface area contributed by atoms with E-state index in [0.29, 0.717) is 22.7 Å². The van der Waals surface area contributed by atoms with Crippen LogP contribution in [0.1, 0.15) is 104 Å². The zero-order valence-electron chi connectivity index (χ0n) is 48.1. The van der Waals surface area contributed by atoms with Crippen LogP contribution in [0.2, 0.25) is 0 Å². The smallest absolute Gasteiger partial charge is 0.269 e. The van der Waals surface area contributed by atoms with Crippen molar-refractivity contribution in [2.24, 2.45) is 0 Å². The van der Waals surface area contributed by atoms with Crippen molar-refractivity contribution in [1.29, 1.82) is 0 Å². The summed E-state index contributed by atoms with van der Waals surface area (Å²) in [5.41, 5.74) is -8.82. The molecule has 0 saturated heterocycles. The average molecular weight is 714 g/mol. The Balaban J connectivity index is 1.25.